The fourth-order valence-corrected chi connectivity index (χ4v) is 3.42. The Bertz CT molecular complexity index is 547. The zero-order chi connectivity index (χ0) is 16.8. The maximum absolute atomic E-state index is 11.6. The Morgan fingerprint density at radius 2 is 1.83 bits per heavy atom. The third kappa shape index (κ3) is 5.17. The number of carbonyl (C=O) groups excluding carboxylic acids is 2. The predicted molar refractivity (Wildman–Crippen MR) is 91.4 cm³/mol. The lowest BCUT2D eigenvalue weighted by Gasteiger charge is -2.27. The second kappa shape index (κ2) is 8.25. The average Bonchev–Trinajstić information content (AvgIpc) is 2.53. The number of anilines is 1. The first-order valence-corrected chi connectivity index (χ1v) is 8.52. The predicted octanol–water partition coefficient (Wildman–Crippen LogP) is 3.80. The highest BCUT2D eigenvalue weighted by atomic mass is 16.3. The second-order valence-electron chi connectivity index (χ2n) is 6.67. The molecule has 1 aliphatic carbocycles. The SMILES string of the molecule is CC(=O)c1ccccc1NC(O)CCC1CCC(C(C)=O)CC1. The molecule has 1 fully saturated rings. The first kappa shape index (κ1) is 17.7. The number of benzene rings is 1. The lowest BCUT2D eigenvalue weighted by Crippen LogP contribution is -2.24. The summed E-state index contributed by atoms with van der Waals surface area (Å²) in [4.78, 5) is 23.0. The zero-order valence-electron chi connectivity index (χ0n) is 14.0. The summed E-state index contributed by atoms with van der Waals surface area (Å²) < 4.78 is 0. The summed E-state index contributed by atoms with van der Waals surface area (Å²) in [7, 11) is 0. The minimum atomic E-state index is -0.652. The number of hydrogen-bond acceptors (Lipinski definition) is 4. The summed E-state index contributed by atoms with van der Waals surface area (Å²) in [5, 5.41) is 13.2. The molecule has 0 aliphatic heterocycles. The summed E-state index contributed by atoms with van der Waals surface area (Å²) in [6.45, 7) is 3.21. The largest absolute Gasteiger partial charge is 0.374 e. The van der Waals surface area contributed by atoms with Crippen LogP contribution in [0.3, 0.4) is 0 Å². The Morgan fingerprint density at radius 1 is 1.17 bits per heavy atom. The van der Waals surface area contributed by atoms with E-state index in [-0.39, 0.29) is 11.7 Å². The van der Waals surface area contributed by atoms with Crippen LogP contribution in [0, 0.1) is 11.8 Å². The minimum absolute atomic E-state index is 0.0112. The Kier molecular flexibility index (Phi) is 6.34. The van der Waals surface area contributed by atoms with Crippen LogP contribution >= 0.6 is 0 Å². The van der Waals surface area contributed by atoms with Gasteiger partial charge in [-0.25, -0.2) is 0 Å². The Morgan fingerprint density at radius 3 is 2.43 bits per heavy atom. The maximum atomic E-state index is 11.6. The summed E-state index contributed by atoms with van der Waals surface area (Å²) in [6.07, 6.45) is 5.05. The van der Waals surface area contributed by atoms with E-state index >= 15 is 0 Å². The number of para-hydroxylation sites is 1. The van der Waals surface area contributed by atoms with Gasteiger partial charge in [-0.3, -0.25) is 9.59 Å². The van der Waals surface area contributed by atoms with E-state index in [2.05, 4.69) is 5.32 Å². The highest BCUT2D eigenvalue weighted by molar-refractivity contribution is 5.99. The monoisotopic (exact) mass is 317 g/mol. The van der Waals surface area contributed by atoms with Gasteiger partial charge < -0.3 is 10.4 Å². The van der Waals surface area contributed by atoms with Crippen molar-refractivity contribution in [2.24, 2.45) is 11.8 Å². The molecule has 0 heterocycles. The van der Waals surface area contributed by atoms with E-state index in [9.17, 15) is 14.7 Å². The molecule has 126 valence electrons. The van der Waals surface area contributed by atoms with Crippen molar-refractivity contribution in [3.63, 3.8) is 0 Å². The van der Waals surface area contributed by atoms with E-state index in [0.29, 0.717) is 29.4 Å². The zero-order valence-corrected chi connectivity index (χ0v) is 14.0. The molecule has 2 rings (SSSR count). The van der Waals surface area contributed by atoms with Gasteiger partial charge in [0.1, 0.15) is 12.0 Å². The molecule has 23 heavy (non-hydrogen) atoms. The molecular formula is C19H27NO3. The average molecular weight is 317 g/mol. The summed E-state index contributed by atoms with van der Waals surface area (Å²) in [5.41, 5.74) is 1.29. The number of rotatable bonds is 7. The van der Waals surface area contributed by atoms with Crippen LogP contribution in [0.4, 0.5) is 5.69 Å². The lowest BCUT2D eigenvalue weighted by molar-refractivity contribution is -0.121. The molecule has 1 atom stereocenters. The molecule has 0 bridgehead atoms. The number of hydrogen-bond donors (Lipinski definition) is 2. The van der Waals surface area contributed by atoms with Crippen molar-refractivity contribution in [3.8, 4) is 0 Å². The first-order chi connectivity index (χ1) is 11.0. The number of Topliss-reactive ketones (excluding diaryl/α,β-unsaturated/α-hetero) is 2. The molecule has 1 unspecified atom stereocenters. The van der Waals surface area contributed by atoms with E-state index in [4.69, 9.17) is 0 Å². The second-order valence-corrected chi connectivity index (χ2v) is 6.67. The molecule has 0 amide bonds. The van der Waals surface area contributed by atoms with Gasteiger partial charge in [0, 0.05) is 17.2 Å². The molecule has 0 saturated heterocycles. The van der Waals surface area contributed by atoms with E-state index in [1.165, 1.54) is 6.92 Å². The normalized spacial score (nSPS) is 22.4. The van der Waals surface area contributed by atoms with E-state index in [1.807, 2.05) is 18.2 Å². The number of ketones is 2. The Labute approximate surface area is 138 Å². The van der Waals surface area contributed by atoms with Gasteiger partial charge in [-0.1, -0.05) is 12.1 Å². The van der Waals surface area contributed by atoms with Gasteiger partial charge in [0.2, 0.25) is 0 Å². The van der Waals surface area contributed by atoms with Crippen LogP contribution in [0.25, 0.3) is 0 Å². The van der Waals surface area contributed by atoms with Gasteiger partial charge in [-0.05, 0) is 70.4 Å². The molecule has 0 radical (unpaired) electrons. The van der Waals surface area contributed by atoms with Gasteiger partial charge >= 0.3 is 0 Å². The molecule has 2 N–H and O–H groups in total. The number of nitrogens with one attached hydrogen (secondary N) is 1. The third-order valence-electron chi connectivity index (χ3n) is 4.90. The first-order valence-electron chi connectivity index (χ1n) is 8.52. The summed E-state index contributed by atoms with van der Waals surface area (Å²) in [5.74, 6) is 1.13. The number of aliphatic hydroxyl groups is 1. The van der Waals surface area contributed by atoms with Crippen molar-refractivity contribution in [3.05, 3.63) is 29.8 Å². The van der Waals surface area contributed by atoms with Crippen molar-refractivity contribution in [1.82, 2.24) is 0 Å². The fourth-order valence-electron chi connectivity index (χ4n) is 3.42. The molecule has 1 aliphatic rings. The van der Waals surface area contributed by atoms with Gasteiger partial charge in [-0.2, -0.15) is 0 Å². The standard InChI is InChI=1S/C19H27NO3/c1-13(21)16-10-7-15(8-11-16)9-12-19(23)20-18-6-4-3-5-17(18)14(2)22/h3-6,15-16,19-20,23H,7-12H2,1-2H3. The van der Waals surface area contributed by atoms with Crippen LogP contribution in [0.5, 0.6) is 0 Å². The highest BCUT2D eigenvalue weighted by Gasteiger charge is 2.24. The number of carbonyl (C=O) groups is 2. The van der Waals surface area contributed by atoms with Crippen LogP contribution in [0.2, 0.25) is 0 Å². The highest BCUT2D eigenvalue weighted by Crippen LogP contribution is 2.32. The molecular weight excluding hydrogens is 290 g/mol. The Balaban J connectivity index is 1.79. The molecule has 1 aromatic carbocycles. The topological polar surface area (TPSA) is 66.4 Å². The van der Waals surface area contributed by atoms with Gasteiger partial charge in [-0.15, -0.1) is 0 Å². The van der Waals surface area contributed by atoms with Gasteiger partial charge in [0.05, 0.1) is 0 Å². The number of aliphatic hydroxyl groups excluding tert-OH is 1. The van der Waals surface area contributed by atoms with Crippen molar-refractivity contribution in [2.45, 2.75) is 58.6 Å². The van der Waals surface area contributed by atoms with Crippen LogP contribution in [0.1, 0.15) is 62.7 Å². The van der Waals surface area contributed by atoms with Crippen molar-refractivity contribution in [2.75, 3.05) is 5.32 Å². The summed E-state index contributed by atoms with van der Waals surface area (Å²) in [6, 6.07) is 7.25. The van der Waals surface area contributed by atoms with E-state index < -0.39 is 6.23 Å². The lowest BCUT2D eigenvalue weighted by atomic mass is 9.78. The van der Waals surface area contributed by atoms with Crippen LogP contribution in [-0.4, -0.2) is 22.9 Å². The molecule has 1 saturated carbocycles. The maximum Gasteiger partial charge on any atom is 0.161 e. The van der Waals surface area contributed by atoms with Crippen LogP contribution < -0.4 is 5.32 Å². The molecule has 4 heteroatoms. The molecule has 1 aromatic rings. The van der Waals surface area contributed by atoms with Gasteiger partial charge in [0.25, 0.3) is 0 Å². The van der Waals surface area contributed by atoms with Gasteiger partial charge in [0.15, 0.2) is 5.78 Å². The van der Waals surface area contributed by atoms with Crippen molar-refractivity contribution < 1.29 is 14.7 Å². The van der Waals surface area contributed by atoms with Crippen molar-refractivity contribution >= 4 is 17.3 Å². The minimum Gasteiger partial charge on any atom is -0.374 e. The summed E-state index contributed by atoms with van der Waals surface area (Å²) >= 11 is 0. The van der Waals surface area contributed by atoms with Crippen molar-refractivity contribution in [1.29, 1.82) is 0 Å². The Hall–Kier alpha value is -1.68. The molecule has 0 spiro atoms. The van der Waals surface area contributed by atoms with E-state index in [0.717, 1.165) is 32.1 Å². The van der Waals surface area contributed by atoms with E-state index in [1.54, 1.807) is 13.0 Å². The molecule has 0 aromatic heterocycles. The van der Waals surface area contributed by atoms with Crippen LogP contribution in [-0.2, 0) is 4.79 Å². The smallest absolute Gasteiger partial charge is 0.161 e. The third-order valence-corrected chi connectivity index (χ3v) is 4.90. The fraction of sp³-hybridized carbons (Fsp3) is 0.579. The quantitative estimate of drug-likeness (QED) is 0.593. The van der Waals surface area contributed by atoms with Crippen LogP contribution in [0.15, 0.2) is 24.3 Å². The molecule has 4 nitrogen and oxygen atoms in total.